The molecule has 0 unspecified atom stereocenters. The van der Waals surface area contributed by atoms with Crippen molar-refractivity contribution in [2.45, 2.75) is 16.8 Å². The van der Waals surface area contributed by atoms with Gasteiger partial charge in [-0.05, 0) is 12.1 Å². The second-order valence-corrected chi connectivity index (χ2v) is 4.67. The van der Waals surface area contributed by atoms with Crippen LogP contribution in [0.4, 0.5) is 27.6 Å². The summed E-state index contributed by atoms with van der Waals surface area (Å²) in [6, 6.07) is 5.82. The van der Waals surface area contributed by atoms with E-state index in [1.165, 1.54) is 24.3 Å². The third kappa shape index (κ3) is 6.71. The number of para-hydroxylation sites is 1. The molecular formula is C11H11F5N2OS. The molecular weight excluding hydrogens is 303 g/mol. The van der Waals surface area contributed by atoms with Crippen LogP contribution in [-0.4, -0.2) is 30.9 Å². The van der Waals surface area contributed by atoms with E-state index in [2.05, 4.69) is 5.32 Å². The first-order chi connectivity index (χ1) is 9.28. The first-order valence-corrected chi connectivity index (χ1v) is 6.27. The van der Waals surface area contributed by atoms with E-state index in [1.807, 2.05) is 5.32 Å². The Morgan fingerprint density at radius 1 is 1.25 bits per heavy atom. The molecule has 0 heterocycles. The van der Waals surface area contributed by atoms with Crippen molar-refractivity contribution in [1.82, 2.24) is 5.32 Å². The Hall–Kier alpha value is -1.35. The number of halogens is 5. The average Bonchev–Trinajstić information content (AvgIpc) is 2.29. The lowest BCUT2D eigenvalue weighted by Gasteiger charge is -2.11. The lowest BCUT2D eigenvalue weighted by molar-refractivity contribution is -0.126. The second-order valence-electron chi connectivity index (χ2n) is 3.64. The van der Waals surface area contributed by atoms with Crippen molar-refractivity contribution < 1.29 is 26.7 Å². The minimum Gasteiger partial charge on any atom is -0.324 e. The number of benzene rings is 1. The Morgan fingerprint density at radius 3 is 2.50 bits per heavy atom. The quantitative estimate of drug-likeness (QED) is 0.626. The maximum absolute atomic E-state index is 12.3. The highest BCUT2D eigenvalue weighted by Crippen LogP contribution is 2.31. The number of hydrogen-bond donors (Lipinski definition) is 2. The average molecular weight is 314 g/mol. The summed E-state index contributed by atoms with van der Waals surface area (Å²) in [5.41, 5.74) is 0.136. The molecule has 0 aliphatic rings. The Morgan fingerprint density at radius 2 is 1.90 bits per heavy atom. The molecule has 0 aromatic heterocycles. The Labute approximate surface area is 115 Å². The highest BCUT2D eigenvalue weighted by atomic mass is 32.2. The highest BCUT2D eigenvalue weighted by molar-refractivity contribution is 7.99. The van der Waals surface area contributed by atoms with E-state index in [0.717, 1.165) is 0 Å². The van der Waals surface area contributed by atoms with E-state index in [9.17, 15) is 26.7 Å². The maximum atomic E-state index is 12.3. The molecule has 0 saturated heterocycles. The van der Waals surface area contributed by atoms with Crippen molar-refractivity contribution in [1.29, 1.82) is 0 Å². The van der Waals surface area contributed by atoms with E-state index < -0.39 is 30.9 Å². The normalized spacial score (nSPS) is 11.7. The van der Waals surface area contributed by atoms with Gasteiger partial charge in [0, 0.05) is 4.90 Å². The molecule has 1 rings (SSSR count). The molecule has 9 heteroatoms. The van der Waals surface area contributed by atoms with E-state index in [1.54, 1.807) is 0 Å². The Bertz CT molecular complexity index is 453. The number of thioether (sulfide) groups is 1. The van der Waals surface area contributed by atoms with E-state index in [0.29, 0.717) is 0 Å². The zero-order chi connectivity index (χ0) is 15.2. The lowest BCUT2D eigenvalue weighted by atomic mass is 10.3. The minimum atomic E-state index is -4.41. The molecule has 0 bridgehead atoms. The number of alkyl halides is 5. The van der Waals surface area contributed by atoms with Crippen LogP contribution in [0.5, 0.6) is 0 Å². The van der Waals surface area contributed by atoms with Crippen LogP contribution >= 0.6 is 11.8 Å². The lowest BCUT2D eigenvalue weighted by Crippen LogP contribution is -2.35. The zero-order valence-electron chi connectivity index (χ0n) is 10.0. The Balaban J connectivity index is 2.53. The summed E-state index contributed by atoms with van der Waals surface area (Å²) in [6.45, 7) is -1.86. The summed E-state index contributed by atoms with van der Waals surface area (Å²) in [4.78, 5) is 11.5. The topological polar surface area (TPSA) is 41.1 Å². The van der Waals surface area contributed by atoms with Crippen molar-refractivity contribution >= 4 is 23.4 Å². The molecule has 0 aliphatic heterocycles. The third-order valence-corrected chi connectivity index (χ3v) is 2.78. The van der Waals surface area contributed by atoms with Gasteiger partial charge in [0.2, 0.25) is 5.91 Å². The molecule has 0 spiro atoms. The molecule has 0 atom stereocenters. The van der Waals surface area contributed by atoms with Crippen molar-refractivity contribution in [2.75, 3.05) is 18.4 Å². The molecule has 0 saturated carbocycles. The van der Waals surface area contributed by atoms with Gasteiger partial charge in [-0.25, -0.2) is 0 Å². The van der Waals surface area contributed by atoms with E-state index in [-0.39, 0.29) is 22.3 Å². The van der Waals surface area contributed by atoms with Crippen LogP contribution in [0, 0.1) is 0 Å². The monoisotopic (exact) mass is 314 g/mol. The van der Waals surface area contributed by atoms with Gasteiger partial charge in [0.15, 0.2) is 0 Å². The van der Waals surface area contributed by atoms with Crippen LogP contribution in [0.1, 0.15) is 0 Å². The molecule has 0 fully saturated rings. The Kier molecular flexibility index (Phi) is 6.21. The van der Waals surface area contributed by atoms with E-state index >= 15 is 0 Å². The molecule has 2 N–H and O–H groups in total. The summed E-state index contributed by atoms with van der Waals surface area (Å²) in [5.74, 6) is -3.40. The fourth-order valence-electron chi connectivity index (χ4n) is 1.28. The molecule has 1 aromatic rings. The van der Waals surface area contributed by atoms with Gasteiger partial charge in [0.25, 0.3) is 5.76 Å². The number of carbonyl (C=O) groups excluding carboxylic acids is 1. The predicted octanol–water partition coefficient (Wildman–Crippen LogP) is 3.09. The number of hydrogen-bond acceptors (Lipinski definition) is 3. The molecule has 0 aliphatic carbocycles. The first kappa shape index (κ1) is 16.7. The standard InChI is InChI=1S/C11H11F5N2OS/c12-10(13)20-8-4-2-1-3-7(8)18-9(19)5-17-6-11(14,15)16/h1-4,10,17H,5-6H2,(H,18,19). The SMILES string of the molecule is O=C(CNCC(F)(F)F)Nc1ccccc1SC(F)F. The van der Waals surface area contributed by atoms with E-state index in [4.69, 9.17) is 0 Å². The van der Waals surface area contributed by atoms with Gasteiger partial charge in [-0.15, -0.1) is 0 Å². The summed E-state index contributed by atoms with van der Waals surface area (Å²) >= 11 is 0.247. The van der Waals surface area contributed by atoms with Crippen LogP contribution in [0.15, 0.2) is 29.2 Å². The second kappa shape index (κ2) is 7.44. The summed E-state index contributed by atoms with van der Waals surface area (Å²) < 4.78 is 60.1. The first-order valence-electron chi connectivity index (χ1n) is 5.39. The number of carbonyl (C=O) groups is 1. The zero-order valence-corrected chi connectivity index (χ0v) is 10.8. The van der Waals surface area contributed by atoms with Gasteiger partial charge >= 0.3 is 6.18 Å². The largest absolute Gasteiger partial charge is 0.401 e. The van der Waals surface area contributed by atoms with Crippen LogP contribution in [0.2, 0.25) is 0 Å². The number of nitrogens with one attached hydrogen (secondary N) is 2. The molecule has 1 aromatic carbocycles. The fraction of sp³-hybridized carbons (Fsp3) is 0.364. The summed E-state index contributed by atoms with van der Waals surface area (Å²) in [5, 5.41) is 4.19. The molecule has 112 valence electrons. The number of anilines is 1. The van der Waals surface area contributed by atoms with Gasteiger partial charge in [0.1, 0.15) is 0 Å². The van der Waals surface area contributed by atoms with Crippen molar-refractivity contribution in [2.24, 2.45) is 0 Å². The van der Waals surface area contributed by atoms with Crippen molar-refractivity contribution in [3.05, 3.63) is 24.3 Å². The van der Waals surface area contributed by atoms with Gasteiger partial charge < -0.3 is 10.6 Å². The van der Waals surface area contributed by atoms with Crippen molar-refractivity contribution in [3.8, 4) is 0 Å². The smallest absolute Gasteiger partial charge is 0.324 e. The van der Waals surface area contributed by atoms with Gasteiger partial charge in [0.05, 0.1) is 18.8 Å². The third-order valence-electron chi connectivity index (χ3n) is 1.99. The summed E-state index contributed by atoms with van der Waals surface area (Å²) in [6.07, 6.45) is -4.41. The van der Waals surface area contributed by atoms with Crippen LogP contribution < -0.4 is 10.6 Å². The van der Waals surface area contributed by atoms with Crippen molar-refractivity contribution in [3.63, 3.8) is 0 Å². The predicted molar refractivity (Wildman–Crippen MR) is 65.9 cm³/mol. The van der Waals surface area contributed by atoms with Crippen LogP contribution in [0.3, 0.4) is 0 Å². The molecule has 20 heavy (non-hydrogen) atoms. The highest BCUT2D eigenvalue weighted by Gasteiger charge is 2.26. The van der Waals surface area contributed by atoms with Crippen LogP contribution in [-0.2, 0) is 4.79 Å². The van der Waals surface area contributed by atoms with Crippen LogP contribution in [0.25, 0.3) is 0 Å². The minimum absolute atomic E-state index is 0.136. The molecule has 3 nitrogen and oxygen atoms in total. The molecule has 0 radical (unpaired) electrons. The maximum Gasteiger partial charge on any atom is 0.401 e. The fourth-order valence-corrected chi connectivity index (χ4v) is 1.88. The van der Waals surface area contributed by atoms with Gasteiger partial charge in [-0.3, -0.25) is 4.79 Å². The molecule has 1 amide bonds. The van der Waals surface area contributed by atoms with Gasteiger partial charge in [-0.2, -0.15) is 22.0 Å². The number of rotatable bonds is 6. The van der Waals surface area contributed by atoms with Gasteiger partial charge in [-0.1, -0.05) is 23.9 Å². The number of amides is 1. The summed E-state index contributed by atoms with van der Waals surface area (Å²) in [7, 11) is 0.